The van der Waals surface area contributed by atoms with Gasteiger partial charge in [-0.15, -0.1) is 24.0 Å². The Hall–Kier alpha value is -1.30. The molecule has 2 N–H and O–H groups in total. The van der Waals surface area contributed by atoms with E-state index in [2.05, 4.69) is 27.4 Å². The number of hydrogen-bond donors (Lipinski definition) is 2. The van der Waals surface area contributed by atoms with E-state index in [1.165, 1.54) is 0 Å². The van der Waals surface area contributed by atoms with Gasteiger partial charge in [0.15, 0.2) is 5.96 Å². The summed E-state index contributed by atoms with van der Waals surface area (Å²) in [5.41, 5.74) is 0. The van der Waals surface area contributed by atoms with Gasteiger partial charge >= 0.3 is 0 Å². The highest BCUT2D eigenvalue weighted by molar-refractivity contribution is 14.0. The fourth-order valence-electron chi connectivity index (χ4n) is 3.12. The van der Waals surface area contributed by atoms with Gasteiger partial charge in [-0.05, 0) is 32.0 Å². The minimum absolute atomic E-state index is 0. The number of methoxy groups -OCH3 is 1. The Labute approximate surface area is 207 Å². The third-order valence-electron chi connectivity index (χ3n) is 4.63. The van der Waals surface area contributed by atoms with Crippen LogP contribution >= 0.6 is 35.6 Å². The Morgan fingerprint density at radius 1 is 1.26 bits per heavy atom. The molecule has 176 valence electrons. The SMILES string of the molecule is CCNC(=NCC(C)Oc1cccc(Cl)c1)N1CCN(CC(=O)NCCOC)CC1.I. The van der Waals surface area contributed by atoms with Crippen molar-refractivity contribution in [1.82, 2.24) is 20.4 Å². The number of guanidine groups is 1. The lowest BCUT2D eigenvalue weighted by Gasteiger charge is -2.36. The highest BCUT2D eigenvalue weighted by atomic mass is 127. The van der Waals surface area contributed by atoms with E-state index in [1.54, 1.807) is 13.2 Å². The van der Waals surface area contributed by atoms with Crippen LogP contribution in [0.15, 0.2) is 29.3 Å². The predicted molar refractivity (Wildman–Crippen MR) is 136 cm³/mol. The molecule has 1 saturated heterocycles. The van der Waals surface area contributed by atoms with Crippen molar-refractivity contribution >= 4 is 47.4 Å². The van der Waals surface area contributed by atoms with Crippen molar-refractivity contribution in [2.45, 2.75) is 20.0 Å². The first kappa shape index (κ1) is 27.7. The van der Waals surface area contributed by atoms with E-state index in [9.17, 15) is 4.79 Å². The summed E-state index contributed by atoms with van der Waals surface area (Å²) >= 11 is 6.01. The lowest BCUT2D eigenvalue weighted by atomic mass is 10.3. The first-order valence-electron chi connectivity index (χ1n) is 10.4. The Morgan fingerprint density at radius 2 is 2.00 bits per heavy atom. The minimum atomic E-state index is -0.0748. The van der Waals surface area contributed by atoms with E-state index in [0.717, 1.165) is 44.4 Å². The number of nitrogens with zero attached hydrogens (tertiary/aromatic N) is 3. The molecule has 1 aromatic carbocycles. The van der Waals surface area contributed by atoms with E-state index in [-0.39, 0.29) is 36.0 Å². The Kier molecular flexibility index (Phi) is 13.9. The van der Waals surface area contributed by atoms with E-state index in [4.69, 9.17) is 26.1 Å². The molecule has 0 radical (unpaired) electrons. The van der Waals surface area contributed by atoms with Crippen LogP contribution in [0.25, 0.3) is 0 Å². The van der Waals surface area contributed by atoms with Crippen molar-refractivity contribution in [1.29, 1.82) is 0 Å². The zero-order valence-corrected chi connectivity index (χ0v) is 21.7. The van der Waals surface area contributed by atoms with Gasteiger partial charge in [0.05, 0.1) is 19.7 Å². The number of aliphatic imine (C=N–C) groups is 1. The van der Waals surface area contributed by atoms with Crippen molar-refractivity contribution in [3.8, 4) is 5.75 Å². The molecule has 31 heavy (non-hydrogen) atoms. The largest absolute Gasteiger partial charge is 0.489 e. The van der Waals surface area contributed by atoms with E-state index < -0.39 is 0 Å². The minimum Gasteiger partial charge on any atom is -0.489 e. The summed E-state index contributed by atoms with van der Waals surface area (Å²) in [5, 5.41) is 6.88. The van der Waals surface area contributed by atoms with E-state index >= 15 is 0 Å². The van der Waals surface area contributed by atoms with Crippen LogP contribution in [0.4, 0.5) is 0 Å². The van der Waals surface area contributed by atoms with Crippen LogP contribution in [-0.2, 0) is 9.53 Å². The van der Waals surface area contributed by atoms with Crippen molar-refractivity contribution in [3.05, 3.63) is 29.3 Å². The predicted octanol–water partition coefficient (Wildman–Crippen LogP) is 2.07. The van der Waals surface area contributed by atoms with Crippen molar-refractivity contribution < 1.29 is 14.3 Å². The number of piperazine rings is 1. The maximum atomic E-state index is 12.0. The molecule has 1 aromatic rings. The number of nitrogens with one attached hydrogen (secondary N) is 2. The molecule has 1 amide bonds. The van der Waals surface area contributed by atoms with Gasteiger partial charge in [0.1, 0.15) is 11.9 Å². The monoisotopic (exact) mass is 567 g/mol. The molecule has 0 bridgehead atoms. The lowest BCUT2D eigenvalue weighted by molar-refractivity contribution is -0.122. The second-order valence-electron chi connectivity index (χ2n) is 7.19. The Balaban J connectivity index is 0.00000480. The molecular weight excluding hydrogens is 533 g/mol. The number of carbonyl (C=O) groups excluding carboxylic acids is 1. The fraction of sp³-hybridized carbons (Fsp3) is 0.619. The number of hydrogen-bond acceptors (Lipinski definition) is 5. The first-order valence-corrected chi connectivity index (χ1v) is 10.8. The molecule has 2 rings (SSSR count). The molecule has 1 fully saturated rings. The maximum Gasteiger partial charge on any atom is 0.234 e. The van der Waals surface area contributed by atoms with Crippen LogP contribution in [0.2, 0.25) is 5.02 Å². The lowest BCUT2D eigenvalue weighted by Crippen LogP contribution is -2.54. The first-order chi connectivity index (χ1) is 14.5. The molecule has 1 heterocycles. The van der Waals surface area contributed by atoms with Gasteiger partial charge in [0, 0.05) is 51.4 Å². The van der Waals surface area contributed by atoms with Gasteiger partial charge in [0.25, 0.3) is 0 Å². The van der Waals surface area contributed by atoms with Gasteiger partial charge in [-0.2, -0.15) is 0 Å². The number of ether oxygens (including phenoxy) is 2. The molecular formula is C21H35ClIN5O3. The number of benzene rings is 1. The van der Waals surface area contributed by atoms with Crippen LogP contribution in [-0.4, -0.2) is 93.8 Å². The standard InChI is InChI=1S/C21H34ClN5O3.HI/c1-4-23-21(25-15-17(2)30-19-7-5-6-18(22)14-19)27-11-9-26(10-12-27)16-20(28)24-8-13-29-3;/h5-7,14,17H,4,8-13,15-16H2,1-3H3,(H,23,25)(H,24,28);1H. The summed E-state index contributed by atoms with van der Waals surface area (Å²) in [6.45, 7) is 10.1. The summed E-state index contributed by atoms with van der Waals surface area (Å²) < 4.78 is 10.9. The highest BCUT2D eigenvalue weighted by Crippen LogP contribution is 2.18. The number of halogens is 2. The summed E-state index contributed by atoms with van der Waals surface area (Å²) in [4.78, 5) is 21.1. The average molecular weight is 568 g/mol. The summed E-state index contributed by atoms with van der Waals surface area (Å²) in [6.07, 6.45) is -0.0748. The van der Waals surface area contributed by atoms with Gasteiger partial charge in [0.2, 0.25) is 5.91 Å². The summed E-state index contributed by atoms with van der Waals surface area (Å²) in [6, 6.07) is 7.39. The third-order valence-corrected chi connectivity index (χ3v) is 4.87. The molecule has 1 aliphatic heterocycles. The molecule has 0 aromatic heterocycles. The van der Waals surface area contributed by atoms with Crippen molar-refractivity contribution in [3.63, 3.8) is 0 Å². The number of carbonyl (C=O) groups is 1. The van der Waals surface area contributed by atoms with Crippen LogP contribution < -0.4 is 15.4 Å². The fourth-order valence-corrected chi connectivity index (χ4v) is 3.30. The second kappa shape index (κ2) is 15.5. The van der Waals surface area contributed by atoms with Crippen molar-refractivity contribution in [2.75, 3.05) is 66.1 Å². The number of rotatable bonds is 10. The normalized spacial score (nSPS) is 15.7. The molecule has 0 aliphatic carbocycles. The van der Waals surface area contributed by atoms with Gasteiger partial charge in [-0.25, -0.2) is 4.99 Å². The molecule has 1 aliphatic rings. The third kappa shape index (κ3) is 10.7. The maximum absolute atomic E-state index is 12.0. The molecule has 10 heteroatoms. The Bertz CT molecular complexity index is 687. The average Bonchev–Trinajstić information content (AvgIpc) is 2.72. The zero-order chi connectivity index (χ0) is 21.8. The van der Waals surface area contributed by atoms with Crippen LogP contribution in [0.5, 0.6) is 5.75 Å². The van der Waals surface area contributed by atoms with Gasteiger partial charge in [-0.3, -0.25) is 9.69 Å². The summed E-state index contributed by atoms with van der Waals surface area (Å²) in [5.74, 6) is 1.66. The van der Waals surface area contributed by atoms with Crippen molar-refractivity contribution in [2.24, 2.45) is 4.99 Å². The Morgan fingerprint density at radius 3 is 2.65 bits per heavy atom. The summed E-state index contributed by atoms with van der Waals surface area (Å²) in [7, 11) is 1.62. The molecule has 1 unspecified atom stereocenters. The highest BCUT2D eigenvalue weighted by Gasteiger charge is 2.21. The van der Waals surface area contributed by atoms with Gasteiger partial charge < -0.3 is 25.0 Å². The van der Waals surface area contributed by atoms with Crippen LogP contribution in [0.1, 0.15) is 13.8 Å². The molecule has 8 nitrogen and oxygen atoms in total. The quantitative estimate of drug-likeness (QED) is 0.195. The zero-order valence-electron chi connectivity index (χ0n) is 18.6. The van der Waals surface area contributed by atoms with E-state index in [0.29, 0.717) is 31.3 Å². The van der Waals surface area contributed by atoms with Gasteiger partial charge in [-0.1, -0.05) is 17.7 Å². The van der Waals surface area contributed by atoms with Crippen LogP contribution in [0.3, 0.4) is 0 Å². The second-order valence-corrected chi connectivity index (χ2v) is 7.62. The topological polar surface area (TPSA) is 78.4 Å². The molecule has 1 atom stereocenters. The number of amides is 1. The van der Waals surface area contributed by atoms with E-state index in [1.807, 2.05) is 25.1 Å². The van der Waals surface area contributed by atoms with Crippen LogP contribution in [0, 0.1) is 0 Å². The smallest absolute Gasteiger partial charge is 0.234 e. The molecule has 0 spiro atoms. The molecule has 0 saturated carbocycles.